The van der Waals surface area contributed by atoms with E-state index in [0.717, 1.165) is 16.1 Å². The van der Waals surface area contributed by atoms with Crippen molar-refractivity contribution in [3.63, 3.8) is 0 Å². The van der Waals surface area contributed by atoms with Crippen molar-refractivity contribution >= 4 is 28.6 Å². The predicted molar refractivity (Wildman–Crippen MR) is 77.2 cm³/mol. The minimum atomic E-state index is -2.93. The summed E-state index contributed by atoms with van der Waals surface area (Å²) in [7, 11) is -2.93. The average molecular weight is 301 g/mol. The minimum Gasteiger partial charge on any atom is -0.480 e. The van der Waals surface area contributed by atoms with Crippen molar-refractivity contribution in [3.8, 4) is 0 Å². The van der Waals surface area contributed by atoms with E-state index < -0.39 is 28.2 Å². The van der Waals surface area contributed by atoms with Gasteiger partial charge in [-0.05, 0) is 19.1 Å². The molecule has 0 radical (unpaired) electrons. The van der Waals surface area contributed by atoms with Crippen LogP contribution in [0.1, 0.15) is 6.92 Å². The van der Waals surface area contributed by atoms with Gasteiger partial charge in [0.05, 0.1) is 11.7 Å². The van der Waals surface area contributed by atoms with Crippen molar-refractivity contribution < 1.29 is 18.3 Å². The van der Waals surface area contributed by atoms with E-state index in [-0.39, 0.29) is 0 Å². The third kappa shape index (κ3) is 3.30. The topological polar surface area (TPSA) is 74.7 Å². The zero-order valence-electron chi connectivity index (χ0n) is 10.4. The van der Waals surface area contributed by atoms with E-state index in [9.17, 15) is 18.3 Å². The van der Waals surface area contributed by atoms with Gasteiger partial charge in [0.2, 0.25) is 10.9 Å². The van der Waals surface area contributed by atoms with E-state index in [1.54, 1.807) is 19.1 Å². The molecule has 0 bridgehead atoms. The summed E-state index contributed by atoms with van der Waals surface area (Å²) in [5.74, 6) is -1.05. The van der Waals surface area contributed by atoms with E-state index in [1.807, 2.05) is 0 Å². The molecule has 0 saturated carbocycles. The van der Waals surface area contributed by atoms with Gasteiger partial charge in [0.15, 0.2) is 0 Å². The lowest BCUT2D eigenvalue weighted by Gasteiger charge is -2.37. The summed E-state index contributed by atoms with van der Waals surface area (Å²) in [6.07, 6.45) is 6.09. The van der Waals surface area contributed by atoms with Crippen LogP contribution in [-0.2, 0) is 15.7 Å². The van der Waals surface area contributed by atoms with Crippen LogP contribution in [0, 0.1) is 0 Å². The van der Waals surface area contributed by atoms with E-state index in [2.05, 4.69) is 13.2 Å². The summed E-state index contributed by atoms with van der Waals surface area (Å²) in [6.45, 7) is 8.66. The molecule has 0 aromatic carbocycles. The monoisotopic (exact) mass is 301 g/mol. The molecule has 1 heterocycles. The maximum Gasteiger partial charge on any atom is 0.319 e. The second-order valence-electron chi connectivity index (χ2n) is 3.75. The molecule has 19 heavy (non-hydrogen) atoms. The molecule has 1 rings (SSSR count). The van der Waals surface area contributed by atoms with Crippen molar-refractivity contribution in [3.05, 3.63) is 48.1 Å². The van der Waals surface area contributed by atoms with Gasteiger partial charge in [-0.3, -0.25) is 9.10 Å². The van der Waals surface area contributed by atoms with Crippen LogP contribution in [0.5, 0.6) is 0 Å². The van der Waals surface area contributed by atoms with Crippen molar-refractivity contribution in [2.45, 2.75) is 18.2 Å². The molecule has 1 aliphatic rings. The molecule has 104 valence electrons. The summed E-state index contributed by atoms with van der Waals surface area (Å²) in [6, 6.07) is -0.670. The molecular formula is C12H15NO4S2. The van der Waals surface area contributed by atoms with E-state index in [1.165, 1.54) is 12.2 Å². The van der Waals surface area contributed by atoms with Gasteiger partial charge in [0, 0.05) is 4.91 Å². The zero-order chi connectivity index (χ0) is 14.6. The van der Waals surface area contributed by atoms with Gasteiger partial charge in [-0.1, -0.05) is 25.3 Å². The van der Waals surface area contributed by atoms with Gasteiger partial charge < -0.3 is 5.11 Å². The fourth-order valence-corrected chi connectivity index (χ4v) is 3.85. The summed E-state index contributed by atoms with van der Waals surface area (Å²) >= 11 is 1.11. The van der Waals surface area contributed by atoms with Crippen LogP contribution >= 0.6 is 11.8 Å². The lowest BCUT2D eigenvalue weighted by Crippen LogP contribution is -2.46. The molecule has 1 aliphatic heterocycles. The smallest absolute Gasteiger partial charge is 0.319 e. The highest BCUT2D eigenvalue weighted by molar-refractivity contribution is 8.04. The normalized spacial score (nSPS) is 27.8. The Kier molecular flexibility index (Phi) is 5.44. The molecule has 0 unspecified atom stereocenters. The van der Waals surface area contributed by atoms with E-state index in [4.69, 9.17) is 0 Å². The molecule has 0 aromatic heterocycles. The highest BCUT2D eigenvalue weighted by atomic mass is 32.2. The average Bonchev–Trinajstić information content (AvgIpc) is 2.32. The molecule has 2 atom stereocenters. The number of allylic oxidation sites excluding steroid dienone is 4. The number of thioether (sulfide) groups is 1. The third-order valence-corrected chi connectivity index (χ3v) is 4.92. The number of hydrogen-bond acceptors (Lipinski definition) is 4. The molecule has 7 heteroatoms. The number of hydrogen-bond donors (Lipinski definition) is 2. The van der Waals surface area contributed by atoms with E-state index >= 15 is 0 Å². The van der Waals surface area contributed by atoms with Crippen LogP contribution in [0.4, 0.5) is 0 Å². The molecule has 1 N–H and O–H groups in total. The molecule has 5 nitrogen and oxygen atoms in total. The molecule has 0 aromatic rings. The molecule has 1 saturated heterocycles. The SMILES string of the molecule is C=C/C=C1/S[C@@H](C(=O)O)[C@@H](C)N([SH](=O)=O)/C1=C/C=C. The summed E-state index contributed by atoms with van der Waals surface area (Å²) in [4.78, 5) is 11.8. The first-order valence-corrected chi connectivity index (χ1v) is 7.43. The summed E-state index contributed by atoms with van der Waals surface area (Å²) in [5, 5.41) is 8.31. The molecule has 0 aliphatic carbocycles. The standard InChI is InChI=1S/C12H15NO4S2/c1-4-6-9-10(7-5-2)18-11(12(14)15)8(3)13(9)19(16)17/h4-8,11,19H,1-2H2,3H3,(H,14,15)/b9-6+,10-7+/t8-,11-/m1/s1. The number of carboxylic acids is 1. The number of nitrogens with zero attached hydrogens (tertiary/aromatic N) is 1. The third-order valence-electron chi connectivity index (χ3n) is 2.54. The second-order valence-corrected chi connectivity index (χ2v) is 5.84. The molecule has 0 amide bonds. The Hall–Kier alpha value is -1.47. The predicted octanol–water partition coefficient (Wildman–Crippen LogP) is 1.54. The largest absolute Gasteiger partial charge is 0.480 e. The fourth-order valence-electron chi connectivity index (χ4n) is 1.75. The first-order valence-electron chi connectivity index (χ1n) is 5.42. The minimum absolute atomic E-state index is 0.418. The highest BCUT2D eigenvalue weighted by Gasteiger charge is 2.39. The van der Waals surface area contributed by atoms with E-state index in [0.29, 0.717) is 10.6 Å². The van der Waals surface area contributed by atoms with Crippen LogP contribution in [0.15, 0.2) is 48.1 Å². The Bertz CT molecular complexity index is 526. The van der Waals surface area contributed by atoms with Gasteiger partial charge in [-0.25, -0.2) is 8.42 Å². The number of thiol groups is 1. The van der Waals surface area contributed by atoms with Gasteiger partial charge in [0.1, 0.15) is 5.25 Å². The number of carboxylic acid groups (broad SMARTS) is 1. The van der Waals surface area contributed by atoms with Crippen LogP contribution < -0.4 is 0 Å². The summed E-state index contributed by atoms with van der Waals surface area (Å²) in [5.41, 5.74) is 0.418. The Labute approximate surface area is 118 Å². The highest BCUT2D eigenvalue weighted by Crippen LogP contribution is 2.40. The Morgan fingerprint density at radius 3 is 2.37 bits per heavy atom. The van der Waals surface area contributed by atoms with Crippen molar-refractivity contribution in [1.82, 2.24) is 4.31 Å². The Morgan fingerprint density at radius 1 is 1.37 bits per heavy atom. The Balaban J connectivity index is 3.39. The first-order chi connectivity index (χ1) is 8.93. The second kappa shape index (κ2) is 6.63. The lowest BCUT2D eigenvalue weighted by molar-refractivity contribution is -0.137. The quantitative estimate of drug-likeness (QED) is 0.771. The Morgan fingerprint density at radius 2 is 1.95 bits per heavy atom. The molecule has 1 fully saturated rings. The van der Waals surface area contributed by atoms with Crippen LogP contribution in [0.25, 0.3) is 0 Å². The van der Waals surface area contributed by atoms with Crippen LogP contribution in [-0.4, -0.2) is 35.1 Å². The lowest BCUT2D eigenvalue weighted by atomic mass is 10.2. The maximum absolute atomic E-state index is 11.4. The zero-order valence-corrected chi connectivity index (χ0v) is 12.1. The van der Waals surface area contributed by atoms with Crippen LogP contribution in [0.2, 0.25) is 0 Å². The first kappa shape index (κ1) is 15.6. The van der Waals surface area contributed by atoms with Crippen molar-refractivity contribution in [2.24, 2.45) is 0 Å². The number of carbonyl (C=O) groups is 1. The number of rotatable bonds is 4. The van der Waals surface area contributed by atoms with Gasteiger partial charge in [-0.2, -0.15) is 0 Å². The number of aliphatic carboxylic acids is 1. The molecular weight excluding hydrogens is 286 g/mol. The van der Waals surface area contributed by atoms with Gasteiger partial charge in [0.25, 0.3) is 0 Å². The summed E-state index contributed by atoms with van der Waals surface area (Å²) < 4.78 is 23.9. The fraction of sp³-hybridized carbons (Fsp3) is 0.250. The van der Waals surface area contributed by atoms with Crippen LogP contribution in [0.3, 0.4) is 0 Å². The van der Waals surface area contributed by atoms with Crippen molar-refractivity contribution in [2.75, 3.05) is 0 Å². The van der Waals surface area contributed by atoms with Gasteiger partial charge >= 0.3 is 5.97 Å². The van der Waals surface area contributed by atoms with Crippen molar-refractivity contribution in [1.29, 1.82) is 0 Å². The molecule has 0 spiro atoms. The maximum atomic E-state index is 11.4. The van der Waals surface area contributed by atoms with Gasteiger partial charge in [-0.15, -0.1) is 11.8 Å².